The fourth-order valence-electron chi connectivity index (χ4n) is 6.01. The molecule has 0 spiro atoms. The Morgan fingerprint density at radius 1 is 0.467 bits per heavy atom. The minimum Gasteiger partial charge on any atom is -0.450 e. The fraction of sp³-hybridized carbons (Fsp3) is 0.923. The molecule has 0 saturated carbocycles. The van der Waals surface area contributed by atoms with Crippen molar-refractivity contribution in [3.05, 3.63) is 0 Å². The average Bonchev–Trinajstić information content (AvgIpc) is 3.02. The van der Waals surface area contributed by atoms with Crippen LogP contribution in [0.5, 0.6) is 0 Å². The molecule has 0 aromatic carbocycles. The van der Waals surface area contributed by atoms with E-state index in [-0.39, 0.29) is 18.9 Å². The summed E-state index contributed by atoms with van der Waals surface area (Å²) in [5.74, 6) is -1.24. The third-order valence-corrected chi connectivity index (χ3v) is 9.07. The third-order valence-electron chi connectivity index (χ3n) is 9.07. The molecule has 266 valence electrons. The zero-order valence-electron chi connectivity index (χ0n) is 30.1. The number of carbonyl (C=O) groups excluding carboxylic acids is 3. The van der Waals surface area contributed by atoms with Crippen LogP contribution < -0.4 is 11.1 Å². The van der Waals surface area contributed by atoms with Gasteiger partial charge >= 0.3 is 5.97 Å². The maximum absolute atomic E-state index is 12.2. The number of unbranched alkanes of at least 4 members (excludes halogenated alkanes) is 28. The van der Waals surface area contributed by atoms with Crippen LogP contribution in [0.3, 0.4) is 0 Å². The van der Waals surface area contributed by atoms with Gasteiger partial charge in [0.05, 0.1) is 6.54 Å². The van der Waals surface area contributed by atoms with E-state index in [1.807, 2.05) is 0 Å². The first kappa shape index (κ1) is 43.4. The number of nitrogens with two attached hydrogens (primary N) is 1. The normalized spacial score (nSPS) is 11.9. The molecule has 0 radical (unpaired) electrons. The summed E-state index contributed by atoms with van der Waals surface area (Å²) < 4.78 is 5.28. The van der Waals surface area contributed by atoms with Crippen molar-refractivity contribution >= 4 is 17.8 Å². The first-order chi connectivity index (χ1) is 22.0. The van der Waals surface area contributed by atoms with Gasteiger partial charge < -0.3 is 15.8 Å². The second kappa shape index (κ2) is 35.3. The third kappa shape index (κ3) is 33.6. The van der Waals surface area contributed by atoms with Gasteiger partial charge in [0.25, 0.3) is 5.91 Å². The Hall–Kier alpha value is -1.59. The number of amides is 2. The SMILES string of the molecule is CCCCCCCCCCCCCCCCCC(=O)NCC(OC(=O)CCCCCCCCCCCCCCCCC)C(N)=O. The molecule has 0 aliphatic rings. The highest BCUT2D eigenvalue weighted by Crippen LogP contribution is 2.15. The van der Waals surface area contributed by atoms with Gasteiger partial charge in [-0.05, 0) is 12.8 Å². The van der Waals surface area contributed by atoms with Crippen LogP contribution in [-0.4, -0.2) is 30.4 Å². The van der Waals surface area contributed by atoms with Gasteiger partial charge in [0.2, 0.25) is 5.91 Å². The van der Waals surface area contributed by atoms with Crippen molar-refractivity contribution in [1.82, 2.24) is 5.32 Å². The molecule has 0 aromatic heterocycles. The molecular weight excluding hydrogens is 560 g/mol. The van der Waals surface area contributed by atoms with Crippen molar-refractivity contribution in [3.63, 3.8) is 0 Å². The van der Waals surface area contributed by atoms with Crippen LogP contribution in [0.2, 0.25) is 0 Å². The lowest BCUT2D eigenvalue weighted by Gasteiger charge is -2.15. The van der Waals surface area contributed by atoms with Crippen LogP contribution in [0.4, 0.5) is 0 Å². The van der Waals surface area contributed by atoms with E-state index in [1.165, 1.54) is 154 Å². The van der Waals surface area contributed by atoms with Gasteiger partial charge in [-0.25, -0.2) is 0 Å². The molecule has 0 heterocycles. The van der Waals surface area contributed by atoms with Gasteiger partial charge in [0.15, 0.2) is 6.10 Å². The van der Waals surface area contributed by atoms with E-state index < -0.39 is 18.0 Å². The van der Waals surface area contributed by atoms with Crippen LogP contribution in [0.25, 0.3) is 0 Å². The molecule has 0 aromatic rings. The highest BCUT2D eigenvalue weighted by atomic mass is 16.5. The quantitative estimate of drug-likeness (QED) is 0.0528. The topological polar surface area (TPSA) is 98.5 Å². The Kier molecular flexibility index (Phi) is 34.0. The van der Waals surface area contributed by atoms with Crippen molar-refractivity contribution in [2.75, 3.05) is 6.54 Å². The monoisotopic (exact) mass is 637 g/mol. The van der Waals surface area contributed by atoms with Gasteiger partial charge in [-0.1, -0.05) is 194 Å². The number of nitrogens with one attached hydrogen (secondary N) is 1. The fourth-order valence-corrected chi connectivity index (χ4v) is 6.01. The predicted octanol–water partition coefficient (Wildman–Crippen LogP) is 11.0. The summed E-state index contributed by atoms with van der Waals surface area (Å²) in [6, 6.07) is 0. The summed E-state index contributed by atoms with van der Waals surface area (Å²) in [6.45, 7) is 4.49. The summed E-state index contributed by atoms with van der Waals surface area (Å²) in [4.78, 5) is 36.2. The molecule has 2 amide bonds. The number of primary amides is 1. The van der Waals surface area contributed by atoms with E-state index in [1.54, 1.807) is 0 Å². The van der Waals surface area contributed by atoms with Crippen molar-refractivity contribution in [3.8, 4) is 0 Å². The van der Waals surface area contributed by atoms with Gasteiger partial charge in [0, 0.05) is 12.8 Å². The largest absolute Gasteiger partial charge is 0.450 e. The van der Waals surface area contributed by atoms with Crippen LogP contribution in [0, 0.1) is 0 Å². The van der Waals surface area contributed by atoms with Gasteiger partial charge in [-0.3, -0.25) is 14.4 Å². The molecule has 1 atom stereocenters. The highest BCUT2D eigenvalue weighted by Gasteiger charge is 2.21. The first-order valence-electron chi connectivity index (χ1n) is 19.8. The summed E-state index contributed by atoms with van der Waals surface area (Å²) in [7, 11) is 0. The number of carbonyl (C=O) groups is 3. The van der Waals surface area contributed by atoms with Gasteiger partial charge in [-0.2, -0.15) is 0 Å². The van der Waals surface area contributed by atoms with Crippen LogP contribution in [-0.2, 0) is 19.1 Å². The molecule has 0 aliphatic carbocycles. The molecule has 0 saturated heterocycles. The molecule has 0 rings (SSSR count). The number of hydrogen-bond acceptors (Lipinski definition) is 4. The highest BCUT2D eigenvalue weighted by molar-refractivity contribution is 5.83. The maximum Gasteiger partial charge on any atom is 0.306 e. The number of esters is 1. The Morgan fingerprint density at radius 3 is 1.07 bits per heavy atom. The molecule has 6 heteroatoms. The minimum atomic E-state index is -1.10. The van der Waals surface area contributed by atoms with E-state index >= 15 is 0 Å². The van der Waals surface area contributed by atoms with E-state index in [9.17, 15) is 14.4 Å². The summed E-state index contributed by atoms with van der Waals surface area (Å²) in [5.41, 5.74) is 5.43. The van der Waals surface area contributed by atoms with Crippen molar-refractivity contribution in [2.45, 2.75) is 225 Å². The lowest BCUT2D eigenvalue weighted by molar-refractivity contribution is -0.155. The number of rotatable bonds is 36. The van der Waals surface area contributed by atoms with Crippen molar-refractivity contribution in [2.24, 2.45) is 5.73 Å². The molecule has 45 heavy (non-hydrogen) atoms. The maximum atomic E-state index is 12.2. The van der Waals surface area contributed by atoms with Gasteiger partial charge in [0.1, 0.15) is 0 Å². The molecule has 1 unspecified atom stereocenters. The van der Waals surface area contributed by atoms with E-state index in [2.05, 4.69) is 19.2 Å². The zero-order chi connectivity index (χ0) is 33.1. The van der Waals surface area contributed by atoms with Crippen LogP contribution in [0.15, 0.2) is 0 Å². The second-order valence-corrected chi connectivity index (χ2v) is 13.6. The summed E-state index contributed by atoms with van der Waals surface area (Å²) in [6.07, 6.45) is 38.0. The molecule has 3 N–H and O–H groups in total. The average molecular weight is 637 g/mol. The smallest absolute Gasteiger partial charge is 0.306 e. The number of hydrogen-bond donors (Lipinski definition) is 2. The van der Waals surface area contributed by atoms with E-state index in [0.717, 1.165) is 38.5 Å². The Bertz CT molecular complexity index is 669. The zero-order valence-corrected chi connectivity index (χ0v) is 30.1. The standard InChI is InChI=1S/C39H76N2O4/c1-3-5-7-9-11-13-15-17-19-21-23-25-27-29-31-33-37(42)41-35-36(39(40)44)45-38(43)34-32-30-28-26-24-22-20-18-16-14-12-10-8-6-4-2/h36H,3-35H2,1-2H3,(H2,40,44)(H,41,42). The van der Waals surface area contributed by atoms with Crippen molar-refractivity contribution in [1.29, 1.82) is 0 Å². The molecule has 6 nitrogen and oxygen atoms in total. The molecule has 0 bridgehead atoms. The lowest BCUT2D eigenvalue weighted by atomic mass is 10.0. The minimum absolute atomic E-state index is 0.0441. The molecule has 0 aliphatic heterocycles. The summed E-state index contributed by atoms with van der Waals surface area (Å²) >= 11 is 0. The second-order valence-electron chi connectivity index (χ2n) is 13.6. The molecule has 0 fully saturated rings. The number of ether oxygens (including phenoxy) is 1. The predicted molar refractivity (Wildman–Crippen MR) is 191 cm³/mol. The van der Waals surface area contributed by atoms with Crippen molar-refractivity contribution < 1.29 is 19.1 Å². The van der Waals surface area contributed by atoms with Gasteiger partial charge in [-0.15, -0.1) is 0 Å². The Balaban J connectivity index is 3.61. The summed E-state index contributed by atoms with van der Waals surface area (Å²) in [5, 5.41) is 2.72. The van der Waals surface area contributed by atoms with E-state index in [4.69, 9.17) is 10.5 Å². The first-order valence-corrected chi connectivity index (χ1v) is 19.8. The lowest BCUT2D eigenvalue weighted by Crippen LogP contribution is -2.43. The molecular formula is C39H76N2O4. The Morgan fingerprint density at radius 2 is 0.756 bits per heavy atom. The van der Waals surface area contributed by atoms with Crippen LogP contribution in [0.1, 0.15) is 219 Å². The van der Waals surface area contributed by atoms with Crippen LogP contribution >= 0.6 is 0 Å². The Labute approximate surface area is 279 Å². The van der Waals surface area contributed by atoms with E-state index in [0.29, 0.717) is 6.42 Å².